The highest BCUT2D eigenvalue weighted by molar-refractivity contribution is 5.31. The molecule has 1 aromatic heterocycles. The molecule has 20 heavy (non-hydrogen) atoms. The highest BCUT2D eigenvalue weighted by Crippen LogP contribution is 2.17. The zero-order valence-electron chi connectivity index (χ0n) is 13.3. The van der Waals surface area contributed by atoms with Gasteiger partial charge in [0.2, 0.25) is 5.95 Å². The smallest absolute Gasteiger partial charge is 0.225 e. The number of likely N-dealkylation sites (N-methyl/N-ethyl adjacent to an activating group) is 1. The molecule has 1 fully saturated rings. The summed E-state index contributed by atoms with van der Waals surface area (Å²) in [5, 5.41) is 3.38. The van der Waals surface area contributed by atoms with Crippen molar-refractivity contribution in [3.8, 4) is 0 Å². The van der Waals surface area contributed by atoms with Crippen LogP contribution < -0.4 is 10.2 Å². The van der Waals surface area contributed by atoms with Crippen LogP contribution in [0.25, 0.3) is 0 Å². The second kappa shape index (κ2) is 6.50. The van der Waals surface area contributed by atoms with E-state index in [0.717, 1.165) is 31.1 Å². The van der Waals surface area contributed by atoms with E-state index in [4.69, 9.17) is 0 Å². The fourth-order valence-electron chi connectivity index (χ4n) is 2.49. The first-order chi connectivity index (χ1) is 9.47. The van der Waals surface area contributed by atoms with Crippen LogP contribution >= 0.6 is 0 Å². The van der Waals surface area contributed by atoms with Gasteiger partial charge in [-0.3, -0.25) is 4.90 Å². The Kier molecular flexibility index (Phi) is 4.94. The van der Waals surface area contributed by atoms with E-state index < -0.39 is 0 Å². The second-order valence-electron chi connectivity index (χ2n) is 6.20. The standard InChI is InChI=1S/C15H27N5/c1-11(2)16-6-14-7-17-15(18-8-14)20-9-12(3)19(5)13(4)10-20/h7-8,11-13,16H,6,9-10H2,1-5H3. The van der Waals surface area contributed by atoms with E-state index in [1.807, 2.05) is 12.4 Å². The van der Waals surface area contributed by atoms with Gasteiger partial charge in [0.1, 0.15) is 0 Å². The van der Waals surface area contributed by atoms with Crippen LogP contribution in [0.3, 0.4) is 0 Å². The summed E-state index contributed by atoms with van der Waals surface area (Å²) in [5.41, 5.74) is 1.14. The van der Waals surface area contributed by atoms with Crippen LogP contribution in [-0.4, -0.2) is 53.1 Å². The van der Waals surface area contributed by atoms with Gasteiger partial charge in [-0.05, 0) is 20.9 Å². The minimum absolute atomic E-state index is 0.481. The summed E-state index contributed by atoms with van der Waals surface area (Å²) < 4.78 is 0. The van der Waals surface area contributed by atoms with Crippen LogP contribution in [0.15, 0.2) is 12.4 Å². The number of aromatic nitrogens is 2. The van der Waals surface area contributed by atoms with Crippen molar-refractivity contribution in [1.82, 2.24) is 20.2 Å². The molecule has 1 aromatic rings. The molecule has 2 heterocycles. The first-order valence-corrected chi connectivity index (χ1v) is 7.48. The molecule has 0 amide bonds. The second-order valence-corrected chi connectivity index (χ2v) is 6.20. The number of nitrogens with one attached hydrogen (secondary N) is 1. The largest absolute Gasteiger partial charge is 0.338 e. The average molecular weight is 277 g/mol. The van der Waals surface area contributed by atoms with E-state index in [1.165, 1.54) is 0 Å². The number of anilines is 1. The molecular formula is C15H27N5. The van der Waals surface area contributed by atoms with Gasteiger partial charge in [0.25, 0.3) is 0 Å². The number of piperazine rings is 1. The molecule has 2 rings (SSSR count). The third-order valence-electron chi connectivity index (χ3n) is 4.05. The maximum Gasteiger partial charge on any atom is 0.225 e. The molecule has 0 spiro atoms. The van der Waals surface area contributed by atoms with E-state index in [1.54, 1.807) is 0 Å². The predicted molar refractivity (Wildman–Crippen MR) is 82.9 cm³/mol. The molecule has 112 valence electrons. The Bertz CT molecular complexity index is 405. The van der Waals surface area contributed by atoms with Gasteiger partial charge in [-0.15, -0.1) is 0 Å². The van der Waals surface area contributed by atoms with E-state index in [0.29, 0.717) is 18.1 Å². The van der Waals surface area contributed by atoms with Crippen molar-refractivity contribution in [1.29, 1.82) is 0 Å². The van der Waals surface area contributed by atoms with E-state index >= 15 is 0 Å². The van der Waals surface area contributed by atoms with Crippen LogP contribution in [0.4, 0.5) is 5.95 Å². The summed E-state index contributed by atoms with van der Waals surface area (Å²) in [7, 11) is 2.19. The summed E-state index contributed by atoms with van der Waals surface area (Å²) in [5.74, 6) is 0.852. The van der Waals surface area contributed by atoms with Crippen LogP contribution in [-0.2, 0) is 6.54 Å². The first-order valence-electron chi connectivity index (χ1n) is 7.48. The number of rotatable bonds is 4. The van der Waals surface area contributed by atoms with E-state index in [2.05, 4.69) is 59.8 Å². The van der Waals surface area contributed by atoms with Gasteiger partial charge in [-0.2, -0.15) is 0 Å². The predicted octanol–water partition coefficient (Wildman–Crippen LogP) is 1.50. The zero-order valence-corrected chi connectivity index (χ0v) is 13.3. The van der Waals surface area contributed by atoms with Crippen molar-refractivity contribution in [2.45, 2.75) is 52.4 Å². The highest BCUT2D eigenvalue weighted by atomic mass is 15.3. The van der Waals surface area contributed by atoms with Crippen molar-refractivity contribution in [2.75, 3.05) is 25.0 Å². The normalized spacial score (nSPS) is 24.4. The third-order valence-corrected chi connectivity index (χ3v) is 4.05. The van der Waals surface area contributed by atoms with Crippen molar-refractivity contribution in [2.24, 2.45) is 0 Å². The van der Waals surface area contributed by atoms with Crippen LogP contribution in [0.1, 0.15) is 33.3 Å². The maximum atomic E-state index is 4.53. The SMILES string of the molecule is CC(C)NCc1cnc(N2CC(C)N(C)C(C)C2)nc1. The van der Waals surface area contributed by atoms with Crippen LogP contribution in [0, 0.1) is 0 Å². The van der Waals surface area contributed by atoms with Gasteiger partial charge >= 0.3 is 0 Å². The van der Waals surface area contributed by atoms with Gasteiger partial charge in [-0.25, -0.2) is 9.97 Å². The monoisotopic (exact) mass is 277 g/mol. The minimum Gasteiger partial charge on any atom is -0.338 e. The Morgan fingerprint density at radius 2 is 1.75 bits per heavy atom. The lowest BCUT2D eigenvalue weighted by atomic mass is 10.1. The maximum absolute atomic E-state index is 4.53. The molecule has 1 aliphatic rings. The summed E-state index contributed by atoms with van der Waals surface area (Å²) in [6.07, 6.45) is 3.87. The van der Waals surface area contributed by atoms with Crippen molar-refractivity contribution >= 4 is 5.95 Å². The molecule has 0 radical (unpaired) electrons. The fraction of sp³-hybridized carbons (Fsp3) is 0.733. The van der Waals surface area contributed by atoms with Crippen LogP contribution in [0.2, 0.25) is 0 Å². The summed E-state index contributed by atoms with van der Waals surface area (Å²) in [6, 6.07) is 1.54. The lowest BCUT2D eigenvalue weighted by Gasteiger charge is -2.42. The third kappa shape index (κ3) is 3.67. The number of hydrogen-bond donors (Lipinski definition) is 1. The lowest BCUT2D eigenvalue weighted by molar-refractivity contribution is 0.169. The van der Waals surface area contributed by atoms with E-state index in [9.17, 15) is 0 Å². The highest BCUT2D eigenvalue weighted by Gasteiger charge is 2.27. The first kappa shape index (κ1) is 15.2. The average Bonchev–Trinajstić information content (AvgIpc) is 2.42. The molecule has 5 heteroatoms. The molecule has 5 nitrogen and oxygen atoms in total. The number of hydrogen-bond acceptors (Lipinski definition) is 5. The van der Waals surface area contributed by atoms with Gasteiger partial charge in [0.15, 0.2) is 0 Å². The Labute approximate surface area is 122 Å². The molecule has 1 saturated heterocycles. The zero-order chi connectivity index (χ0) is 14.7. The molecule has 0 aliphatic carbocycles. The fourth-order valence-corrected chi connectivity index (χ4v) is 2.49. The molecule has 2 unspecified atom stereocenters. The molecular weight excluding hydrogens is 250 g/mol. The number of nitrogens with zero attached hydrogens (tertiary/aromatic N) is 4. The van der Waals surface area contributed by atoms with Crippen molar-refractivity contribution in [3.05, 3.63) is 18.0 Å². The summed E-state index contributed by atoms with van der Waals surface area (Å²) in [4.78, 5) is 13.8. The Morgan fingerprint density at radius 1 is 1.20 bits per heavy atom. The van der Waals surface area contributed by atoms with Gasteiger partial charge in [-0.1, -0.05) is 13.8 Å². The van der Waals surface area contributed by atoms with Crippen LogP contribution in [0.5, 0.6) is 0 Å². The molecule has 0 bridgehead atoms. The van der Waals surface area contributed by atoms with Gasteiger partial charge in [0, 0.05) is 55.7 Å². The Morgan fingerprint density at radius 3 is 2.25 bits per heavy atom. The molecule has 0 aromatic carbocycles. The molecule has 1 aliphatic heterocycles. The topological polar surface area (TPSA) is 44.3 Å². The molecule has 0 saturated carbocycles. The van der Waals surface area contributed by atoms with Gasteiger partial charge in [0.05, 0.1) is 0 Å². The molecule has 2 atom stereocenters. The Hall–Kier alpha value is -1.20. The molecule has 1 N–H and O–H groups in total. The van der Waals surface area contributed by atoms with Gasteiger partial charge < -0.3 is 10.2 Å². The van der Waals surface area contributed by atoms with Crippen molar-refractivity contribution in [3.63, 3.8) is 0 Å². The summed E-state index contributed by atoms with van der Waals surface area (Å²) >= 11 is 0. The van der Waals surface area contributed by atoms with E-state index in [-0.39, 0.29) is 0 Å². The van der Waals surface area contributed by atoms with Crippen molar-refractivity contribution < 1.29 is 0 Å². The quantitative estimate of drug-likeness (QED) is 0.903. The summed E-state index contributed by atoms with van der Waals surface area (Å²) in [6.45, 7) is 11.6. The lowest BCUT2D eigenvalue weighted by Crippen LogP contribution is -2.55. The minimum atomic E-state index is 0.481. The Balaban J connectivity index is 1.99.